The molecule has 0 aliphatic rings. The van der Waals surface area contributed by atoms with Crippen molar-refractivity contribution in [2.45, 2.75) is 13.8 Å². The van der Waals surface area contributed by atoms with E-state index in [0.29, 0.717) is 22.9 Å². The maximum atomic E-state index is 8.21. The Bertz CT molecular complexity index is 586. The molecule has 0 amide bonds. The average Bonchev–Trinajstić information content (AvgIpc) is 2.97. The third-order valence-electron chi connectivity index (χ3n) is 2.08. The number of nitrogens with two attached hydrogens (primary N) is 2. The summed E-state index contributed by atoms with van der Waals surface area (Å²) in [4.78, 5) is 7.50. The molecule has 9 heteroatoms. The number of amidine groups is 2. The molecule has 2 aromatic heterocycles. The topological polar surface area (TPSA) is 161 Å². The monoisotopic (exact) mass is 266 g/mol. The molecule has 0 aromatic carbocycles. The first-order valence-corrected chi connectivity index (χ1v) is 5.09. The van der Waals surface area contributed by atoms with Gasteiger partial charge in [0.1, 0.15) is 0 Å². The highest BCUT2D eigenvalue weighted by atomic mass is 16.4. The van der Waals surface area contributed by atoms with Gasteiger partial charge in [0.05, 0.1) is 11.4 Å². The number of aromatic nitrogens is 2. The maximum Gasteiger partial charge on any atom is 0.207 e. The van der Waals surface area contributed by atoms with Crippen molar-refractivity contribution in [3.63, 3.8) is 0 Å². The molecular weight excluding hydrogens is 252 g/mol. The third kappa shape index (κ3) is 3.56. The molecule has 2 rings (SSSR count). The van der Waals surface area contributed by atoms with E-state index in [1.165, 1.54) is 12.8 Å². The molecule has 19 heavy (non-hydrogen) atoms. The molecule has 0 aliphatic heterocycles. The van der Waals surface area contributed by atoms with Gasteiger partial charge in [0.15, 0.2) is 30.1 Å². The molecule has 0 bridgehead atoms. The Morgan fingerprint density at radius 1 is 1.16 bits per heavy atom. The zero-order valence-corrected chi connectivity index (χ0v) is 10.4. The largest absolute Gasteiger partial charge is 0.440 e. The van der Waals surface area contributed by atoms with Crippen molar-refractivity contribution in [2.24, 2.45) is 16.6 Å². The number of nitrogens with one attached hydrogen (secondary N) is 1. The van der Waals surface area contributed by atoms with Crippen LogP contribution in [0.15, 0.2) is 26.8 Å². The van der Waals surface area contributed by atoms with Crippen molar-refractivity contribution >= 4 is 11.7 Å². The summed E-state index contributed by atoms with van der Waals surface area (Å²) in [5, 5.41) is 17.9. The summed E-state index contributed by atoms with van der Waals surface area (Å²) in [5.41, 5.74) is 11.6. The second-order valence-electron chi connectivity index (χ2n) is 3.43. The number of aryl methyl sites for hydroxylation is 2. The first-order valence-electron chi connectivity index (χ1n) is 5.09. The van der Waals surface area contributed by atoms with Crippen LogP contribution in [0.25, 0.3) is 0 Å². The number of rotatable bonds is 2. The zero-order valence-electron chi connectivity index (χ0n) is 10.4. The minimum Gasteiger partial charge on any atom is -0.440 e. The molecule has 0 saturated carbocycles. The minimum atomic E-state index is -0.0787. The smallest absolute Gasteiger partial charge is 0.207 e. The van der Waals surface area contributed by atoms with E-state index in [4.69, 9.17) is 30.9 Å². The van der Waals surface area contributed by atoms with Gasteiger partial charge >= 0.3 is 0 Å². The quantitative estimate of drug-likeness (QED) is 0.264. The van der Waals surface area contributed by atoms with Crippen LogP contribution in [0.1, 0.15) is 22.9 Å². The summed E-state index contributed by atoms with van der Waals surface area (Å²) in [5.74, 6) is 0.525. The Kier molecular flexibility index (Phi) is 4.63. The van der Waals surface area contributed by atoms with Crippen LogP contribution in [0, 0.1) is 19.3 Å². The van der Waals surface area contributed by atoms with Crippen LogP contribution in [0.5, 0.6) is 0 Å². The lowest BCUT2D eigenvalue weighted by Gasteiger charge is -1.90. The molecule has 0 radical (unpaired) electrons. The van der Waals surface area contributed by atoms with Crippen molar-refractivity contribution in [2.75, 3.05) is 0 Å². The van der Waals surface area contributed by atoms with E-state index in [0.717, 1.165) is 0 Å². The molecule has 0 fully saturated rings. The molecule has 0 spiro atoms. The lowest BCUT2D eigenvalue weighted by molar-refractivity contribution is 0.317. The van der Waals surface area contributed by atoms with Gasteiger partial charge in [-0.2, -0.15) is 0 Å². The Labute approximate surface area is 108 Å². The van der Waals surface area contributed by atoms with Crippen LogP contribution in [0.4, 0.5) is 0 Å². The van der Waals surface area contributed by atoms with Gasteiger partial charge < -0.3 is 25.5 Å². The maximum absolute atomic E-state index is 8.21. The van der Waals surface area contributed by atoms with E-state index >= 15 is 0 Å². The highest BCUT2D eigenvalue weighted by Gasteiger charge is 2.07. The molecule has 0 saturated heterocycles. The molecule has 0 unspecified atom stereocenters. The number of oxazole rings is 2. The molecule has 9 nitrogen and oxygen atoms in total. The number of oxime groups is 1. The fraction of sp³-hybridized carbons (Fsp3) is 0.200. The average molecular weight is 266 g/mol. The van der Waals surface area contributed by atoms with E-state index < -0.39 is 0 Å². The molecule has 102 valence electrons. The Morgan fingerprint density at radius 3 is 1.89 bits per heavy atom. The van der Waals surface area contributed by atoms with Crippen molar-refractivity contribution in [1.29, 1.82) is 5.41 Å². The summed E-state index contributed by atoms with van der Waals surface area (Å²) in [6, 6.07) is 0. The second kappa shape index (κ2) is 6.19. The van der Waals surface area contributed by atoms with Crippen LogP contribution < -0.4 is 11.5 Å². The lowest BCUT2D eigenvalue weighted by atomic mass is 10.3. The Hall–Kier alpha value is -2.84. The standard InChI is InChI=1S/C5H7N3O2.C5H7N3O/c1-3-4(5(6)8-9)10-2-7-3;1-3-4(5(6)7)9-2-8-3/h2,9H,1H3,(H2,6,8);2H,1H3,(H3,6,7). The van der Waals surface area contributed by atoms with Crippen LogP contribution in [0.2, 0.25) is 0 Å². The Morgan fingerprint density at radius 2 is 1.63 bits per heavy atom. The van der Waals surface area contributed by atoms with Gasteiger partial charge in [-0.15, -0.1) is 0 Å². The first-order chi connectivity index (χ1) is 8.97. The van der Waals surface area contributed by atoms with Gasteiger partial charge in [-0.1, -0.05) is 5.16 Å². The van der Waals surface area contributed by atoms with Crippen molar-refractivity contribution in [3.05, 3.63) is 35.7 Å². The van der Waals surface area contributed by atoms with Crippen molar-refractivity contribution in [3.8, 4) is 0 Å². The summed E-state index contributed by atoms with van der Waals surface area (Å²) in [6.07, 6.45) is 2.51. The molecule has 6 N–H and O–H groups in total. The van der Waals surface area contributed by atoms with E-state index in [1.54, 1.807) is 13.8 Å². The normalized spacial score (nSPS) is 10.7. The predicted octanol–water partition coefficient (Wildman–Crippen LogP) is 0.345. The number of nitrogen functional groups attached to an aromatic ring is 1. The minimum absolute atomic E-state index is 0.0602. The molecule has 2 aromatic rings. The Balaban J connectivity index is 0.000000191. The van der Waals surface area contributed by atoms with Gasteiger partial charge in [0.25, 0.3) is 0 Å². The SMILES string of the molecule is Cc1ncoc1C(=N)N.Cc1ncoc1C(N)=NO. The van der Waals surface area contributed by atoms with E-state index in [9.17, 15) is 0 Å². The van der Waals surface area contributed by atoms with Gasteiger partial charge in [0, 0.05) is 0 Å². The summed E-state index contributed by atoms with van der Waals surface area (Å²) in [7, 11) is 0. The highest BCUT2D eigenvalue weighted by Crippen LogP contribution is 2.03. The van der Waals surface area contributed by atoms with E-state index in [-0.39, 0.29) is 11.7 Å². The number of hydrogen-bond donors (Lipinski definition) is 4. The van der Waals surface area contributed by atoms with Crippen molar-refractivity contribution < 1.29 is 14.0 Å². The third-order valence-corrected chi connectivity index (χ3v) is 2.08. The fourth-order valence-corrected chi connectivity index (χ4v) is 1.15. The number of nitrogens with zero attached hydrogens (tertiary/aromatic N) is 3. The highest BCUT2D eigenvalue weighted by molar-refractivity contribution is 5.95. The van der Waals surface area contributed by atoms with Gasteiger partial charge in [0.2, 0.25) is 5.84 Å². The van der Waals surface area contributed by atoms with Crippen LogP contribution >= 0.6 is 0 Å². The molecular formula is C10H14N6O3. The summed E-state index contributed by atoms with van der Waals surface area (Å²) in [6.45, 7) is 3.44. The fourth-order valence-electron chi connectivity index (χ4n) is 1.15. The molecule has 0 atom stereocenters. The molecule has 2 heterocycles. The second-order valence-corrected chi connectivity index (χ2v) is 3.43. The summed E-state index contributed by atoms with van der Waals surface area (Å²) < 4.78 is 9.56. The van der Waals surface area contributed by atoms with Crippen LogP contribution in [-0.4, -0.2) is 26.8 Å². The lowest BCUT2D eigenvalue weighted by Crippen LogP contribution is -2.13. The zero-order chi connectivity index (χ0) is 14.4. The van der Waals surface area contributed by atoms with Crippen molar-refractivity contribution in [1.82, 2.24) is 9.97 Å². The van der Waals surface area contributed by atoms with Gasteiger partial charge in [-0.3, -0.25) is 5.41 Å². The predicted molar refractivity (Wildman–Crippen MR) is 66.0 cm³/mol. The first kappa shape index (κ1) is 14.2. The van der Waals surface area contributed by atoms with Crippen LogP contribution in [-0.2, 0) is 0 Å². The molecule has 0 aliphatic carbocycles. The van der Waals surface area contributed by atoms with Crippen LogP contribution in [0.3, 0.4) is 0 Å². The van der Waals surface area contributed by atoms with E-state index in [1.807, 2.05) is 0 Å². The van der Waals surface area contributed by atoms with Gasteiger partial charge in [-0.05, 0) is 13.8 Å². The number of hydrogen-bond acceptors (Lipinski definition) is 7. The summed E-state index contributed by atoms with van der Waals surface area (Å²) >= 11 is 0. The van der Waals surface area contributed by atoms with E-state index in [2.05, 4.69) is 15.1 Å². The van der Waals surface area contributed by atoms with Gasteiger partial charge in [-0.25, -0.2) is 9.97 Å².